The number of nitrogens with one attached hydrogen (secondary N) is 1. The van der Waals surface area contributed by atoms with Gasteiger partial charge < -0.3 is 9.88 Å². The summed E-state index contributed by atoms with van der Waals surface area (Å²) in [6, 6.07) is 4.69. The van der Waals surface area contributed by atoms with E-state index in [9.17, 15) is 9.18 Å². The van der Waals surface area contributed by atoms with Gasteiger partial charge in [0.25, 0.3) is 0 Å². The van der Waals surface area contributed by atoms with Crippen LogP contribution in [0.15, 0.2) is 23.6 Å². The first kappa shape index (κ1) is 18.8. The molecule has 1 N–H and O–H groups in total. The highest BCUT2D eigenvalue weighted by molar-refractivity contribution is 7.13. The zero-order chi connectivity index (χ0) is 20.1. The van der Waals surface area contributed by atoms with Crippen LogP contribution in [0.3, 0.4) is 0 Å². The van der Waals surface area contributed by atoms with Crippen LogP contribution in [0.4, 0.5) is 4.39 Å². The van der Waals surface area contributed by atoms with Crippen LogP contribution in [0.5, 0.6) is 0 Å². The summed E-state index contributed by atoms with van der Waals surface area (Å²) in [6.07, 6.45) is 0.762. The Kier molecular flexibility index (Phi) is 4.57. The molecule has 7 heteroatoms. The Hall–Kier alpha value is -2.54. The Bertz CT molecular complexity index is 1050. The second-order valence-electron chi connectivity index (χ2n) is 7.85. The highest BCUT2D eigenvalue weighted by Gasteiger charge is 2.37. The van der Waals surface area contributed by atoms with Crippen molar-refractivity contribution in [1.82, 2.24) is 19.9 Å². The van der Waals surface area contributed by atoms with Gasteiger partial charge in [-0.2, -0.15) is 0 Å². The smallest absolute Gasteiger partial charge is 0.234 e. The average Bonchev–Trinajstić information content (AvgIpc) is 3.26. The van der Waals surface area contributed by atoms with Crippen LogP contribution in [-0.2, 0) is 23.2 Å². The number of benzene rings is 1. The van der Waals surface area contributed by atoms with Gasteiger partial charge >= 0.3 is 0 Å². The van der Waals surface area contributed by atoms with Crippen LogP contribution < -0.4 is 0 Å². The van der Waals surface area contributed by atoms with Crippen LogP contribution in [0.2, 0.25) is 0 Å². The highest BCUT2D eigenvalue weighted by atomic mass is 32.1. The predicted molar refractivity (Wildman–Crippen MR) is 108 cm³/mol. The molecule has 0 saturated heterocycles. The van der Waals surface area contributed by atoms with E-state index in [0.717, 1.165) is 45.5 Å². The monoisotopic (exact) mass is 398 g/mol. The Morgan fingerprint density at radius 3 is 2.82 bits per heavy atom. The maximum absolute atomic E-state index is 13.4. The lowest BCUT2D eigenvalue weighted by Gasteiger charge is -2.33. The number of halogens is 1. The number of aromatic amines is 1. The number of hydrogen-bond donors (Lipinski definition) is 1. The second kappa shape index (κ2) is 6.81. The maximum Gasteiger partial charge on any atom is 0.234 e. The van der Waals surface area contributed by atoms with E-state index in [4.69, 9.17) is 4.98 Å². The molecule has 2 aromatic heterocycles. The summed E-state index contributed by atoms with van der Waals surface area (Å²) in [4.78, 5) is 27.7. The number of imidazole rings is 1. The van der Waals surface area contributed by atoms with Gasteiger partial charge in [0.1, 0.15) is 16.6 Å². The average molecular weight is 399 g/mol. The zero-order valence-corrected chi connectivity index (χ0v) is 17.3. The molecular weight excluding hydrogens is 375 g/mol. The number of amides is 1. The SMILES string of the molecule is Cc1nc2c([nH]1)CN(C(=O)C(C)(C)c1csc(-c3ccc(F)cc3C)n1)CC2. The minimum atomic E-state index is -0.741. The van der Waals surface area contributed by atoms with E-state index < -0.39 is 5.41 Å². The molecule has 0 fully saturated rings. The van der Waals surface area contributed by atoms with Crippen molar-refractivity contribution in [2.75, 3.05) is 6.54 Å². The molecule has 0 bridgehead atoms. The largest absolute Gasteiger partial charge is 0.344 e. The number of hydrogen-bond acceptors (Lipinski definition) is 4. The first-order valence-corrected chi connectivity index (χ1v) is 10.2. The molecule has 1 amide bonds. The molecule has 0 saturated carbocycles. The molecule has 4 rings (SSSR count). The number of nitrogens with zero attached hydrogens (tertiary/aromatic N) is 3. The van der Waals surface area contributed by atoms with Gasteiger partial charge in [0.15, 0.2) is 0 Å². The molecule has 0 unspecified atom stereocenters. The van der Waals surface area contributed by atoms with Gasteiger partial charge in [0.2, 0.25) is 5.91 Å². The van der Waals surface area contributed by atoms with E-state index >= 15 is 0 Å². The van der Waals surface area contributed by atoms with Crippen molar-refractivity contribution in [1.29, 1.82) is 0 Å². The lowest BCUT2D eigenvalue weighted by atomic mass is 9.87. The first-order chi connectivity index (χ1) is 13.3. The van der Waals surface area contributed by atoms with Gasteiger partial charge in [-0.15, -0.1) is 11.3 Å². The van der Waals surface area contributed by atoms with Gasteiger partial charge in [0.05, 0.1) is 29.0 Å². The number of rotatable bonds is 3. The fourth-order valence-corrected chi connectivity index (χ4v) is 4.74. The minimum absolute atomic E-state index is 0.0538. The van der Waals surface area contributed by atoms with Gasteiger partial charge in [-0.3, -0.25) is 4.79 Å². The van der Waals surface area contributed by atoms with Crippen LogP contribution in [0, 0.1) is 19.7 Å². The van der Waals surface area contributed by atoms with Crippen molar-refractivity contribution < 1.29 is 9.18 Å². The normalized spacial score (nSPS) is 14.2. The number of carbonyl (C=O) groups is 1. The number of carbonyl (C=O) groups excluding carboxylic acids is 1. The van der Waals surface area contributed by atoms with Crippen LogP contribution in [0.1, 0.15) is 42.3 Å². The summed E-state index contributed by atoms with van der Waals surface area (Å²) in [7, 11) is 0. The Labute approximate surface area is 167 Å². The van der Waals surface area contributed by atoms with Crippen LogP contribution in [-0.4, -0.2) is 32.3 Å². The van der Waals surface area contributed by atoms with Crippen molar-refractivity contribution in [2.24, 2.45) is 0 Å². The molecule has 0 atom stereocenters. The summed E-state index contributed by atoms with van der Waals surface area (Å²) in [6.45, 7) is 8.84. The Balaban J connectivity index is 1.58. The molecule has 0 spiro atoms. The Morgan fingerprint density at radius 2 is 2.07 bits per heavy atom. The van der Waals surface area contributed by atoms with E-state index in [1.807, 2.05) is 38.0 Å². The summed E-state index contributed by atoms with van der Waals surface area (Å²) in [5.41, 5.74) is 3.82. The van der Waals surface area contributed by atoms with E-state index in [1.165, 1.54) is 23.5 Å². The van der Waals surface area contributed by atoms with Gasteiger partial charge in [0, 0.05) is 23.9 Å². The lowest BCUT2D eigenvalue weighted by Crippen LogP contribution is -2.45. The number of thiazole rings is 1. The minimum Gasteiger partial charge on any atom is -0.344 e. The third kappa shape index (κ3) is 3.24. The second-order valence-corrected chi connectivity index (χ2v) is 8.70. The molecule has 0 radical (unpaired) electrons. The first-order valence-electron chi connectivity index (χ1n) is 9.32. The van der Waals surface area contributed by atoms with Crippen LogP contribution in [0.25, 0.3) is 10.6 Å². The van der Waals surface area contributed by atoms with Gasteiger partial charge in [-0.05, 0) is 51.5 Å². The topological polar surface area (TPSA) is 61.9 Å². The standard InChI is InChI=1S/C21H23FN4OS/c1-12-9-14(22)5-6-15(12)19-25-18(11-28-19)21(3,4)20(27)26-8-7-16-17(10-26)24-13(2)23-16/h5-6,9,11H,7-8,10H2,1-4H3,(H,23,24). The quantitative estimate of drug-likeness (QED) is 0.721. The third-order valence-corrected chi connectivity index (χ3v) is 6.21. The van der Waals surface area contributed by atoms with E-state index in [1.54, 1.807) is 6.07 Å². The van der Waals surface area contributed by atoms with E-state index in [-0.39, 0.29) is 11.7 Å². The van der Waals surface area contributed by atoms with Crippen molar-refractivity contribution in [3.63, 3.8) is 0 Å². The van der Waals surface area contributed by atoms with Gasteiger partial charge in [-0.1, -0.05) is 0 Å². The molecule has 0 aliphatic carbocycles. The Morgan fingerprint density at radius 1 is 1.29 bits per heavy atom. The molecule has 28 heavy (non-hydrogen) atoms. The van der Waals surface area contributed by atoms with Crippen molar-refractivity contribution in [3.05, 3.63) is 57.9 Å². The molecule has 5 nitrogen and oxygen atoms in total. The van der Waals surface area contributed by atoms with Crippen LogP contribution >= 0.6 is 11.3 Å². The molecule has 1 aromatic carbocycles. The molecule has 3 heterocycles. The van der Waals surface area contributed by atoms with Gasteiger partial charge in [-0.25, -0.2) is 14.4 Å². The summed E-state index contributed by atoms with van der Waals surface area (Å²) >= 11 is 1.49. The van der Waals surface area contributed by atoms with E-state index in [2.05, 4.69) is 9.97 Å². The fourth-order valence-electron chi connectivity index (χ4n) is 3.67. The number of H-pyrrole nitrogens is 1. The summed E-state index contributed by atoms with van der Waals surface area (Å²) in [5.74, 6) is 0.683. The molecule has 146 valence electrons. The molecule has 1 aliphatic rings. The molecular formula is C21H23FN4OS. The van der Waals surface area contributed by atoms with Crippen molar-refractivity contribution >= 4 is 17.2 Å². The predicted octanol–water partition coefficient (Wildman–Crippen LogP) is 4.15. The fraction of sp³-hybridized carbons (Fsp3) is 0.381. The lowest BCUT2D eigenvalue weighted by molar-refractivity contribution is -0.137. The zero-order valence-electron chi connectivity index (χ0n) is 16.5. The van der Waals surface area contributed by atoms with Crippen molar-refractivity contribution in [2.45, 2.75) is 46.1 Å². The van der Waals surface area contributed by atoms with E-state index in [0.29, 0.717) is 13.1 Å². The highest BCUT2D eigenvalue weighted by Crippen LogP contribution is 2.34. The number of fused-ring (bicyclic) bond motifs is 1. The maximum atomic E-state index is 13.4. The number of aryl methyl sites for hydroxylation is 2. The summed E-state index contributed by atoms with van der Waals surface area (Å²) in [5, 5.41) is 2.74. The third-order valence-electron chi connectivity index (χ3n) is 5.34. The molecule has 1 aliphatic heterocycles. The summed E-state index contributed by atoms with van der Waals surface area (Å²) < 4.78 is 13.4. The molecule has 3 aromatic rings. The van der Waals surface area contributed by atoms with Crippen molar-refractivity contribution in [3.8, 4) is 10.6 Å². The number of aromatic nitrogens is 3.